The Balaban J connectivity index is 0.000000117. The van der Waals surface area contributed by atoms with Gasteiger partial charge in [-0.15, -0.1) is 0 Å². The summed E-state index contributed by atoms with van der Waals surface area (Å²) in [6.45, 7) is 0. The van der Waals surface area contributed by atoms with E-state index in [2.05, 4.69) is 395 Å². The summed E-state index contributed by atoms with van der Waals surface area (Å²) in [7, 11) is 0. The molecule has 0 aliphatic heterocycles. The minimum absolute atomic E-state index is 0.695. The second-order valence-electron chi connectivity index (χ2n) is 31.4. The molecule has 600 valence electrons. The zero-order valence-electron chi connectivity index (χ0n) is 69.4. The highest BCUT2D eigenvalue weighted by atomic mass is 14.9. The molecule has 9 heterocycles. The highest BCUT2D eigenvalue weighted by Gasteiger charge is 2.19. The van der Waals surface area contributed by atoms with Gasteiger partial charge in [0, 0.05) is 117 Å². The third kappa shape index (κ3) is 16.9. The van der Waals surface area contributed by atoms with Crippen molar-refractivity contribution in [2.45, 2.75) is 0 Å². The van der Waals surface area contributed by atoms with Crippen LogP contribution in [0.3, 0.4) is 0 Å². The van der Waals surface area contributed by atoms with Crippen LogP contribution in [-0.2, 0) is 0 Å². The first-order valence-corrected chi connectivity index (χ1v) is 42.6. The van der Waals surface area contributed by atoms with Crippen LogP contribution in [0.1, 0.15) is 0 Å². The normalized spacial score (nSPS) is 11.1. The van der Waals surface area contributed by atoms with Crippen LogP contribution in [0.25, 0.3) is 222 Å². The smallest absolute Gasteiger partial charge is 0.160 e. The van der Waals surface area contributed by atoms with Crippen LogP contribution in [0.2, 0.25) is 0 Å². The van der Waals surface area contributed by atoms with Crippen molar-refractivity contribution in [3.8, 4) is 168 Å². The van der Waals surface area contributed by atoms with E-state index in [0.717, 1.165) is 162 Å². The van der Waals surface area contributed by atoms with Gasteiger partial charge in [0.05, 0.1) is 50.9 Å². The minimum Gasteiger partial charge on any atom is -0.264 e. The molecule has 0 bridgehead atoms. The summed E-state index contributed by atoms with van der Waals surface area (Å²) in [5.74, 6) is 1.39. The maximum absolute atomic E-state index is 5.18. The van der Waals surface area contributed by atoms with E-state index in [4.69, 9.17) is 29.9 Å². The van der Waals surface area contributed by atoms with Crippen molar-refractivity contribution in [2.24, 2.45) is 0 Å². The number of benzene rings is 14. The lowest BCUT2D eigenvalue weighted by Crippen LogP contribution is -1.96. The number of fused-ring (bicyclic) bond motifs is 7. The summed E-state index contributed by atoms with van der Waals surface area (Å²) in [5.41, 5.74) is 30.8. The molecule has 0 atom stereocenters. The van der Waals surface area contributed by atoms with Gasteiger partial charge in [0.1, 0.15) is 0 Å². The lowest BCUT2D eigenvalue weighted by atomic mass is 9.98. The number of rotatable bonds is 15. The molecule has 0 amide bonds. The first-order valence-electron chi connectivity index (χ1n) is 42.6. The predicted octanol–water partition coefficient (Wildman–Crippen LogP) is 29.2. The molecule has 11 nitrogen and oxygen atoms in total. The topological polar surface area (TPSA) is 142 Å². The molecule has 23 aromatic rings. The summed E-state index contributed by atoms with van der Waals surface area (Å²) < 4.78 is 0. The van der Waals surface area contributed by atoms with Crippen molar-refractivity contribution in [1.82, 2.24) is 54.8 Å². The van der Waals surface area contributed by atoms with E-state index in [1.54, 1.807) is 24.8 Å². The molecule has 0 unspecified atom stereocenters. The Morgan fingerprint density at radius 1 is 0.133 bits per heavy atom. The Hall–Kier alpha value is -17.4. The molecule has 9 aromatic heterocycles. The molecule has 14 aromatic carbocycles. The van der Waals surface area contributed by atoms with Crippen LogP contribution in [0.5, 0.6) is 0 Å². The Morgan fingerprint density at radius 3 is 0.852 bits per heavy atom. The van der Waals surface area contributed by atoms with Crippen molar-refractivity contribution in [1.29, 1.82) is 0 Å². The number of nitrogens with zero attached hydrogens (tertiary/aromatic N) is 11. The second-order valence-corrected chi connectivity index (χ2v) is 31.4. The lowest BCUT2D eigenvalue weighted by molar-refractivity contribution is 1.18. The molecule has 0 aliphatic carbocycles. The molecule has 0 aliphatic rings. The van der Waals surface area contributed by atoms with Crippen LogP contribution < -0.4 is 0 Å². The lowest BCUT2D eigenvalue weighted by Gasteiger charge is -2.12. The zero-order chi connectivity index (χ0) is 85.3. The molecular weight excluding hydrogens is 1560 g/mol. The standard InChI is InChI=1S/C41H27N3.C40H26N4.C36H24N4/c1-3-8-28(9-4-1)30-13-17-32(18-14-30)38-26-36(37-24-23-35-22-21-34-12-7-25-42-40(34)41(35)44-37)27-39(43-38)33-19-15-31(16-20-33)29-10-5-2-6-11-29;1-2-8-36-29(5-1)13-18-32-23-33(19-20-37(32)36)40-43-38(30-14-9-27(10-15-30)34-6-3-21-41-25-34)24-39(44-40)31-16-11-28(12-17-31)35-7-4-22-42-26-35;1-2-6-30-21-31(18-13-25(30)5-1)36-39-34(28-14-9-26(10-15-28)32-7-3-19-37-23-32)22-35(40-36)29-16-11-27(12-17-29)33-8-4-20-38-24-33/h1-27H;1-26H;1-24H. The molecular formula is C117H77N11. The Morgan fingerprint density at radius 2 is 0.422 bits per heavy atom. The molecule has 0 N–H and O–H groups in total. The van der Waals surface area contributed by atoms with Crippen molar-refractivity contribution in [2.75, 3.05) is 0 Å². The van der Waals surface area contributed by atoms with Crippen LogP contribution in [0.4, 0.5) is 0 Å². The SMILES string of the molecule is c1ccc(-c2ccc(-c3cc(-c4ccc5ccc6cccnc6c5n4)cc(-c4ccc(-c5ccccc5)cc4)n3)cc2)cc1.c1cncc(-c2ccc(-c3cc(-c4ccc(-c5cccnc5)cc4)nc(-c4ccc5c(ccc6ccccc65)c4)n3)cc2)c1.c1cncc(-c2ccc(-c3cc(-c4ccc(-c5cccnc5)cc4)nc(-c4ccc5ccccc5c4)n3)cc2)c1. The molecule has 0 saturated heterocycles. The summed E-state index contributed by atoms with van der Waals surface area (Å²) in [5, 5.41) is 9.38. The molecule has 0 saturated carbocycles. The van der Waals surface area contributed by atoms with Gasteiger partial charge >= 0.3 is 0 Å². The van der Waals surface area contributed by atoms with Gasteiger partial charge < -0.3 is 0 Å². The van der Waals surface area contributed by atoms with Crippen molar-refractivity contribution >= 4 is 54.1 Å². The fourth-order valence-corrected chi connectivity index (χ4v) is 16.5. The van der Waals surface area contributed by atoms with E-state index in [1.165, 1.54) is 49.2 Å². The van der Waals surface area contributed by atoms with Crippen LogP contribution >= 0.6 is 0 Å². The highest BCUT2D eigenvalue weighted by Crippen LogP contribution is 2.39. The van der Waals surface area contributed by atoms with Gasteiger partial charge in [-0.1, -0.05) is 340 Å². The van der Waals surface area contributed by atoms with Crippen LogP contribution in [0, 0.1) is 0 Å². The molecule has 0 fully saturated rings. The van der Waals surface area contributed by atoms with E-state index in [0.29, 0.717) is 11.6 Å². The Kier molecular flexibility index (Phi) is 21.6. The highest BCUT2D eigenvalue weighted by molar-refractivity contribution is 6.08. The fraction of sp³-hybridized carbons (Fsp3) is 0. The monoisotopic (exact) mass is 1640 g/mol. The van der Waals surface area contributed by atoms with Crippen molar-refractivity contribution in [3.63, 3.8) is 0 Å². The first kappa shape index (κ1) is 77.9. The summed E-state index contributed by atoms with van der Waals surface area (Å²) in [4.78, 5) is 52.3. The Bertz CT molecular complexity index is 7590. The summed E-state index contributed by atoms with van der Waals surface area (Å²) >= 11 is 0. The largest absolute Gasteiger partial charge is 0.264 e. The Labute approximate surface area is 740 Å². The third-order valence-corrected chi connectivity index (χ3v) is 23.3. The number of pyridine rings is 7. The van der Waals surface area contributed by atoms with Crippen molar-refractivity contribution < 1.29 is 0 Å². The summed E-state index contributed by atoms with van der Waals surface area (Å²) in [6.07, 6.45) is 16.5. The van der Waals surface area contributed by atoms with Crippen LogP contribution in [0.15, 0.2) is 468 Å². The van der Waals surface area contributed by atoms with Gasteiger partial charge in [-0.3, -0.25) is 24.9 Å². The quantitative estimate of drug-likeness (QED) is 0.0906. The van der Waals surface area contributed by atoms with E-state index in [-0.39, 0.29) is 0 Å². The summed E-state index contributed by atoms with van der Waals surface area (Å²) in [6, 6.07) is 143. The average Bonchev–Trinajstić information content (AvgIpc) is 0.772. The van der Waals surface area contributed by atoms with Gasteiger partial charge in [-0.05, 0) is 172 Å². The minimum atomic E-state index is 0.695. The number of hydrogen-bond acceptors (Lipinski definition) is 11. The van der Waals surface area contributed by atoms with Gasteiger partial charge in [-0.25, -0.2) is 29.9 Å². The van der Waals surface area contributed by atoms with Crippen molar-refractivity contribution in [3.05, 3.63) is 468 Å². The second kappa shape index (κ2) is 35.6. The van der Waals surface area contributed by atoms with Gasteiger partial charge in [0.25, 0.3) is 0 Å². The third-order valence-electron chi connectivity index (χ3n) is 23.3. The van der Waals surface area contributed by atoms with Gasteiger partial charge in [0.2, 0.25) is 0 Å². The number of aromatic nitrogens is 11. The van der Waals surface area contributed by atoms with E-state index in [9.17, 15) is 0 Å². The molecule has 23 rings (SSSR count). The molecule has 11 heteroatoms. The maximum atomic E-state index is 5.18. The fourth-order valence-electron chi connectivity index (χ4n) is 16.5. The first-order chi connectivity index (χ1) is 63.4. The van der Waals surface area contributed by atoms with Crippen LogP contribution in [-0.4, -0.2) is 54.8 Å². The zero-order valence-corrected chi connectivity index (χ0v) is 69.4. The van der Waals surface area contributed by atoms with Gasteiger partial charge in [0.15, 0.2) is 11.6 Å². The maximum Gasteiger partial charge on any atom is 0.160 e. The number of hydrogen-bond donors (Lipinski definition) is 0. The predicted molar refractivity (Wildman–Crippen MR) is 524 cm³/mol. The van der Waals surface area contributed by atoms with Gasteiger partial charge in [-0.2, -0.15) is 0 Å². The molecule has 0 radical (unpaired) electrons. The van der Waals surface area contributed by atoms with E-state index < -0.39 is 0 Å². The molecule has 128 heavy (non-hydrogen) atoms. The van der Waals surface area contributed by atoms with E-state index >= 15 is 0 Å². The van der Waals surface area contributed by atoms with E-state index in [1.807, 2.05) is 73.4 Å². The molecule has 0 spiro atoms. The average molecular weight is 1640 g/mol.